The molecule has 0 unspecified atom stereocenters. The van der Waals surface area contributed by atoms with Crippen LogP contribution in [0.3, 0.4) is 0 Å². The predicted molar refractivity (Wildman–Crippen MR) is 145 cm³/mol. The lowest BCUT2D eigenvalue weighted by atomic mass is 10.1. The summed E-state index contributed by atoms with van der Waals surface area (Å²) in [7, 11) is -2.88. The Kier molecular flexibility index (Phi) is 7.37. The molecule has 10 N–H and O–H groups in total. The van der Waals surface area contributed by atoms with E-state index in [0.717, 1.165) is 0 Å². The van der Waals surface area contributed by atoms with Crippen molar-refractivity contribution in [3.8, 4) is 0 Å². The Morgan fingerprint density at radius 2 is 1.65 bits per heavy atom. The molecule has 4 aromatic rings. The molecular weight excluding hydrogens is 596 g/mol. The van der Waals surface area contributed by atoms with Crippen LogP contribution in [-0.4, -0.2) is 108 Å². The number of fused-ring (bicyclic) bond motifs is 2. The average Bonchev–Trinajstić information content (AvgIpc) is 3.72. The Morgan fingerprint density at radius 1 is 1.05 bits per heavy atom. The Morgan fingerprint density at radius 3 is 2.26 bits per heavy atom. The molecule has 0 aromatic carbocycles. The summed E-state index contributed by atoms with van der Waals surface area (Å²) in [6.45, 7) is -0.898. The molecule has 2 saturated heterocycles. The molecule has 2 aliphatic heterocycles. The van der Waals surface area contributed by atoms with E-state index in [1.807, 2.05) is 0 Å². The zero-order valence-corrected chi connectivity index (χ0v) is 23.1. The molecular formula is C21H28N12O9S. The summed E-state index contributed by atoms with van der Waals surface area (Å²) in [4.78, 5) is 45.1. The first-order valence-corrected chi connectivity index (χ1v) is 14.3. The number of nitrogens with two attached hydrogens (primary N) is 2. The van der Waals surface area contributed by atoms with Crippen LogP contribution in [0.25, 0.3) is 22.3 Å². The number of aliphatic hydroxyl groups excluding tert-OH is 2. The number of rotatable bonds is 9. The second-order valence-electron chi connectivity index (χ2n) is 9.92. The van der Waals surface area contributed by atoms with Gasteiger partial charge in [-0.2, -0.15) is 27.8 Å². The van der Waals surface area contributed by atoms with Crippen molar-refractivity contribution in [2.75, 3.05) is 31.7 Å². The molecule has 0 amide bonds. The second kappa shape index (κ2) is 10.9. The fourth-order valence-corrected chi connectivity index (χ4v) is 6.39. The Balaban J connectivity index is 1.15. The van der Waals surface area contributed by atoms with Gasteiger partial charge in [0.25, 0.3) is 21.3 Å². The third-order valence-electron chi connectivity index (χ3n) is 7.29. The monoisotopic (exact) mass is 624 g/mol. The SMILES string of the molecule is CO[C@H]1C[C@H](n2cnc3c(=O)[nH]c(N)nc32)O[C@@H]1CNS(=O)(=O)N[C@H]1[C@@H](O)[C@H](n2cnc3c(=O)[nH]c(N)nc32)O[C@@H]1CO. The van der Waals surface area contributed by atoms with Gasteiger partial charge in [-0.25, -0.2) is 9.97 Å². The number of hydrogen-bond acceptors (Lipinski definition) is 15. The van der Waals surface area contributed by atoms with Crippen LogP contribution in [0.15, 0.2) is 22.2 Å². The molecule has 0 radical (unpaired) electrons. The van der Waals surface area contributed by atoms with Crippen LogP contribution in [0, 0.1) is 0 Å². The van der Waals surface area contributed by atoms with E-state index < -0.39 is 70.8 Å². The van der Waals surface area contributed by atoms with Gasteiger partial charge in [0.2, 0.25) is 11.9 Å². The number of hydrogen-bond donors (Lipinski definition) is 8. The van der Waals surface area contributed by atoms with E-state index in [1.165, 1.54) is 28.9 Å². The number of nitrogen functional groups attached to an aromatic ring is 2. The van der Waals surface area contributed by atoms with Crippen LogP contribution < -0.4 is 32.0 Å². The van der Waals surface area contributed by atoms with Crippen molar-refractivity contribution < 1.29 is 32.8 Å². The van der Waals surface area contributed by atoms with Crippen molar-refractivity contribution in [1.29, 1.82) is 0 Å². The molecule has 4 aromatic heterocycles. The third-order valence-corrected chi connectivity index (χ3v) is 8.42. The summed E-state index contributed by atoms with van der Waals surface area (Å²) in [5, 5.41) is 20.9. The molecule has 6 heterocycles. The summed E-state index contributed by atoms with van der Waals surface area (Å²) in [5.41, 5.74) is 10.3. The minimum atomic E-state index is -4.32. The van der Waals surface area contributed by atoms with Crippen molar-refractivity contribution in [2.24, 2.45) is 0 Å². The molecule has 0 aliphatic carbocycles. The van der Waals surface area contributed by atoms with Crippen molar-refractivity contribution in [2.45, 2.75) is 49.3 Å². The zero-order valence-electron chi connectivity index (χ0n) is 22.3. The smallest absolute Gasteiger partial charge is 0.280 e. The number of ether oxygens (including phenoxy) is 3. The Bertz CT molecular complexity index is 1890. The minimum absolute atomic E-state index is 0.00432. The predicted octanol–water partition coefficient (Wildman–Crippen LogP) is -4.24. The van der Waals surface area contributed by atoms with Crippen LogP contribution in [0.2, 0.25) is 0 Å². The van der Waals surface area contributed by atoms with E-state index in [2.05, 4.69) is 39.3 Å². The maximum Gasteiger partial charge on any atom is 0.280 e. The Labute approximate surface area is 240 Å². The molecule has 6 rings (SSSR count). The van der Waals surface area contributed by atoms with Crippen molar-refractivity contribution in [3.05, 3.63) is 33.4 Å². The Hall–Kier alpha value is -4.03. The first-order valence-electron chi connectivity index (χ1n) is 12.8. The quantitative estimate of drug-likeness (QED) is 0.0874. The number of aromatic amines is 2. The van der Waals surface area contributed by atoms with Gasteiger partial charge < -0.3 is 35.9 Å². The summed E-state index contributed by atoms with van der Waals surface area (Å²) in [5.74, 6) is -0.305. The highest BCUT2D eigenvalue weighted by Crippen LogP contribution is 2.33. The van der Waals surface area contributed by atoms with Gasteiger partial charge in [0.05, 0.1) is 37.5 Å². The lowest BCUT2D eigenvalue weighted by molar-refractivity contribution is -0.0489. The van der Waals surface area contributed by atoms with Gasteiger partial charge >= 0.3 is 0 Å². The zero-order chi connectivity index (χ0) is 30.6. The number of nitrogens with zero attached hydrogens (tertiary/aromatic N) is 6. The van der Waals surface area contributed by atoms with E-state index in [-0.39, 0.29) is 47.2 Å². The molecule has 21 nitrogen and oxygen atoms in total. The van der Waals surface area contributed by atoms with Crippen molar-refractivity contribution in [1.82, 2.24) is 48.5 Å². The van der Waals surface area contributed by atoms with Crippen LogP contribution in [-0.2, 0) is 24.4 Å². The van der Waals surface area contributed by atoms with Crippen LogP contribution in [0.5, 0.6) is 0 Å². The summed E-state index contributed by atoms with van der Waals surface area (Å²) in [6.07, 6.45) is -3.18. The maximum absolute atomic E-state index is 13.1. The lowest BCUT2D eigenvalue weighted by Gasteiger charge is -2.22. The van der Waals surface area contributed by atoms with E-state index in [0.29, 0.717) is 0 Å². The van der Waals surface area contributed by atoms with Crippen molar-refractivity contribution >= 4 is 44.4 Å². The second-order valence-corrected chi connectivity index (χ2v) is 11.5. The third kappa shape index (κ3) is 5.22. The fraction of sp³-hybridized carbons (Fsp3) is 0.524. The largest absolute Gasteiger partial charge is 0.394 e. The topological polar surface area (TPSA) is 306 Å². The molecule has 0 spiro atoms. The molecule has 2 fully saturated rings. The highest BCUT2D eigenvalue weighted by Gasteiger charge is 2.47. The lowest BCUT2D eigenvalue weighted by Crippen LogP contribution is -2.53. The first-order chi connectivity index (χ1) is 20.5. The van der Waals surface area contributed by atoms with Crippen LogP contribution >= 0.6 is 0 Å². The van der Waals surface area contributed by atoms with Crippen LogP contribution in [0.4, 0.5) is 11.9 Å². The standard InChI is InChI=1S/C21H28N12O9S/c1-40-7-2-10(32-5-24-12-15(32)27-20(22)29-17(12)36)41-8(7)3-26-43(38,39)31-11-9(4-34)42-19(14(11)35)33-6-25-13-16(33)28-21(23)30-18(13)37/h5-11,14,19,26,31,34-35H,2-4H2,1H3,(H3,22,27,29,36)(H3,23,28,30,37)/t7-,8+,9+,10+,11+,14+,19+/m0/s1. The highest BCUT2D eigenvalue weighted by atomic mass is 32.2. The number of methoxy groups -OCH3 is 1. The van der Waals surface area contributed by atoms with E-state index in [9.17, 15) is 28.2 Å². The van der Waals surface area contributed by atoms with Gasteiger partial charge in [0.15, 0.2) is 28.6 Å². The normalized spacial score (nSPS) is 27.9. The van der Waals surface area contributed by atoms with Gasteiger partial charge in [-0.3, -0.25) is 28.7 Å². The van der Waals surface area contributed by atoms with E-state index in [4.69, 9.17) is 25.7 Å². The number of aromatic nitrogens is 8. The van der Waals surface area contributed by atoms with Crippen LogP contribution in [0.1, 0.15) is 18.9 Å². The maximum atomic E-state index is 13.1. The molecule has 2 aliphatic rings. The van der Waals surface area contributed by atoms with Gasteiger partial charge in [0, 0.05) is 20.1 Å². The van der Waals surface area contributed by atoms with Gasteiger partial charge in [-0.15, -0.1) is 0 Å². The first kappa shape index (κ1) is 29.1. The van der Waals surface area contributed by atoms with E-state index >= 15 is 0 Å². The summed E-state index contributed by atoms with van der Waals surface area (Å²) < 4.78 is 50.8. The van der Waals surface area contributed by atoms with Gasteiger partial charge in [0.1, 0.15) is 18.4 Å². The number of nitrogens with one attached hydrogen (secondary N) is 4. The van der Waals surface area contributed by atoms with Gasteiger partial charge in [-0.1, -0.05) is 0 Å². The average molecular weight is 625 g/mol. The molecule has 0 bridgehead atoms. The fourth-order valence-electron chi connectivity index (χ4n) is 5.27. The van der Waals surface area contributed by atoms with Gasteiger partial charge in [-0.05, 0) is 0 Å². The van der Waals surface area contributed by atoms with Crippen molar-refractivity contribution in [3.63, 3.8) is 0 Å². The minimum Gasteiger partial charge on any atom is -0.394 e. The highest BCUT2D eigenvalue weighted by molar-refractivity contribution is 7.87. The molecule has 43 heavy (non-hydrogen) atoms. The number of H-pyrrole nitrogens is 2. The number of anilines is 2. The molecule has 22 heteroatoms. The molecule has 0 saturated carbocycles. The number of imidazole rings is 2. The molecule has 7 atom stereocenters. The molecule has 232 valence electrons. The number of aliphatic hydroxyl groups is 2. The summed E-state index contributed by atoms with van der Waals surface area (Å²) >= 11 is 0. The van der Waals surface area contributed by atoms with E-state index in [1.54, 1.807) is 0 Å². The summed E-state index contributed by atoms with van der Waals surface area (Å²) in [6, 6.07) is -1.31.